The van der Waals surface area contributed by atoms with Crippen molar-refractivity contribution in [3.8, 4) is 5.75 Å². The molecular formula is C14H17NO4. The molecule has 102 valence electrons. The predicted octanol–water partition coefficient (Wildman–Crippen LogP) is 1.27. The van der Waals surface area contributed by atoms with Gasteiger partial charge in [0.1, 0.15) is 5.75 Å². The zero-order chi connectivity index (χ0) is 14.2. The Morgan fingerprint density at radius 3 is 2.79 bits per heavy atom. The lowest BCUT2D eigenvalue weighted by Gasteiger charge is -2.36. The van der Waals surface area contributed by atoms with Crippen LogP contribution in [-0.2, 0) is 16.2 Å². The molecular weight excluding hydrogens is 246 g/mol. The van der Waals surface area contributed by atoms with Crippen LogP contribution in [0.15, 0.2) is 18.2 Å². The van der Waals surface area contributed by atoms with Gasteiger partial charge in [-0.15, -0.1) is 0 Å². The number of ketones is 1. The second-order valence-corrected chi connectivity index (χ2v) is 4.72. The van der Waals surface area contributed by atoms with E-state index >= 15 is 0 Å². The summed E-state index contributed by atoms with van der Waals surface area (Å²) >= 11 is 0. The maximum absolute atomic E-state index is 12.2. The van der Waals surface area contributed by atoms with Gasteiger partial charge in [-0.2, -0.15) is 0 Å². The van der Waals surface area contributed by atoms with Gasteiger partial charge in [0.25, 0.3) is 5.91 Å². The molecule has 0 spiro atoms. The van der Waals surface area contributed by atoms with E-state index in [1.165, 1.54) is 11.8 Å². The van der Waals surface area contributed by atoms with Crippen LogP contribution in [0, 0.1) is 0 Å². The third kappa shape index (κ3) is 2.33. The van der Waals surface area contributed by atoms with Crippen molar-refractivity contribution >= 4 is 17.4 Å². The number of fused-ring (bicyclic) bond motifs is 1. The molecule has 1 aromatic rings. The minimum atomic E-state index is -0.616. The molecule has 19 heavy (non-hydrogen) atoms. The molecule has 0 aromatic heterocycles. The van der Waals surface area contributed by atoms with Crippen LogP contribution in [-0.4, -0.2) is 28.9 Å². The Kier molecular flexibility index (Phi) is 3.57. The third-order valence-electron chi connectivity index (χ3n) is 3.33. The van der Waals surface area contributed by atoms with Crippen LogP contribution in [0.1, 0.15) is 26.3 Å². The van der Waals surface area contributed by atoms with E-state index in [1.54, 1.807) is 32.0 Å². The SMILES string of the molecule is CC(=O)C(C)N1C(=O)C(C)Oc2ccc(CO)cc21. The fraction of sp³-hybridized carbons (Fsp3) is 0.429. The van der Waals surface area contributed by atoms with Crippen molar-refractivity contribution in [2.24, 2.45) is 0 Å². The highest BCUT2D eigenvalue weighted by atomic mass is 16.5. The Balaban J connectivity index is 2.53. The highest BCUT2D eigenvalue weighted by molar-refractivity contribution is 6.05. The van der Waals surface area contributed by atoms with Crippen molar-refractivity contribution in [3.63, 3.8) is 0 Å². The molecule has 2 atom stereocenters. The van der Waals surface area contributed by atoms with Crippen LogP contribution in [0.3, 0.4) is 0 Å². The summed E-state index contributed by atoms with van der Waals surface area (Å²) in [6, 6.07) is 4.58. The number of Topliss-reactive ketones (excluding diaryl/α,β-unsaturated/α-hetero) is 1. The minimum Gasteiger partial charge on any atom is -0.479 e. The number of aliphatic hydroxyl groups excluding tert-OH is 1. The highest BCUT2D eigenvalue weighted by Crippen LogP contribution is 2.36. The number of benzene rings is 1. The Morgan fingerprint density at radius 1 is 1.53 bits per heavy atom. The van der Waals surface area contributed by atoms with E-state index in [1.807, 2.05) is 0 Å². The summed E-state index contributed by atoms with van der Waals surface area (Å²) in [5, 5.41) is 9.18. The lowest BCUT2D eigenvalue weighted by Crippen LogP contribution is -2.51. The monoisotopic (exact) mass is 263 g/mol. The van der Waals surface area contributed by atoms with Crippen molar-refractivity contribution in [2.75, 3.05) is 4.90 Å². The molecule has 5 nitrogen and oxygen atoms in total. The van der Waals surface area contributed by atoms with Gasteiger partial charge in [0, 0.05) is 0 Å². The molecule has 1 N–H and O–H groups in total. The number of anilines is 1. The van der Waals surface area contributed by atoms with Crippen LogP contribution >= 0.6 is 0 Å². The first-order valence-electron chi connectivity index (χ1n) is 6.19. The van der Waals surface area contributed by atoms with Gasteiger partial charge < -0.3 is 9.84 Å². The predicted molar refractivity (Wildman–Crippen MR) is 70.1 cm³/mol. The standard InChI is InChI=1S/C14H17NO4/c1-8(9(2)17)15-12-6-11(7-16)4-5-13(12)19-10(3)14(15)18/h4-6,8,10,16H,7H2,1-3H3. The first-order valence-corrected chi connectivity index (χ1v) is 6.19. The second kappa shape index (κ2) is 5.01. The Hall–Kier alpha value is -1.88. The van der Waals surface area contributed by atoms with Gasteiger partial charge in [0.2, 0.25) is 0 Å². The topological polar surface area (TPSA) is 66.8 Å². The van der Waals surface area contributed by atoms with Gasteiger partial charge in [0.05, 0.1) is 18.3 Å². The van der Waals surface area contributed by atoms with Crippen LogP contribution in [0.25, 0.3) is 0 Å². The average molecular weight is 263 g/mol. The van der Waals surface area contributed by atoms with E-state index < -0.39 is 12.1 Å². The van der Waals surface area contributed by atoms with Crippen LogP contribution in [0.2, 0.25) is 0 Å². The van der Waals surface area contributed by atoms with Crippen molar-refractivity contribution < 1.29 is 19.4 Å². The Bertz CT molecular complexity index is 526. The lowest BCUT2D eigenvalue weighted by atomic mass is 10.1. The van der Waals surface area contributed by atoms with Gasteiger partial charge in [-0.05, 0) is 38.5 Å². The second-order valence-electron chi connectivity index (χ2n) is 4.72. The largest absolute Gasteiger partial charge is 0.479 e. The molecule has 1 aromatic carbocycles. The molecule has 2 rings (SSSR count). The van der Waals surface area contributed by atoms with Gasteiger partial charge in [0.15, 0.2) is 11.9 Å². The van der Waals surface area contributed by atoms with Gasteiger partial charge in [-0.3, -0.25) is 14.5 Å². The molecule has 0 fully saturated rings. The summed E-state index contributed by atoms with van der Waals surface area (Å²) in [5.74, 6) is 0.213. The Labute approximate surface area is 111 Å². The zero-order valence-electron chi connectivity index (χ0n) is 11.2. The molecule has 1 aliphatic heterocycles. The summed E-state index contributed by atoms with van der Waals surface area (Å²) in [6.07, 6.45) is -0.616. The number of carbonyl (C=O) groups excluding carboxylic acids is 2. The maximum atomic E-state index is 12.2. The minimum absolute atomic E-state index is 0.0946. The summed E-state index contributed by atoms with van der Waals surface area (Å²) in [6.45, 7) is 4.67. The zero-order valence-corrected chi connectivity index (χ0v) is 11.2. The highest BCUT2D eigenvalue weighted by Gasteiger charge is 2.36. The van der Waals surface area contributed by atoms with Crippen LogP contribution in [0.4, 0.5) is 5.69 Å². The van der Waals surface area contributed by atoms with Gasteiger partial charge in [-0.25, -0.2) is 0 Å². The quantitative estimate of drug-likeness (QED) is 0.891. The molecule has 0 saturated heterocycles. The molecule has 1 heterocycles. The molecule has 0 aliphatic carbocycles. The Morgan fingerprint density at radius 2 is 2.21 bits per heavy atom. The molecule has 0 bridgehead atoms. The number of nitrogens with zero attached hydrogens (tertiary/aromatic N) is 1. The molecule has 5 heteroatoms. The number of rotatable bonds is 3. The summed E-state index contributed by atoms with van der Waals surface area (Å²) in [5.41, 5.74) is 1.21. The van der Waals surface area contributed by atoms with Crippen molar-refractivity contribution in [1.29, 1.82) is 0 Å². The number of amides is 1. The van der Waals surface area contributed by atoms with Gasteiger partial charge >= 0.3 is 0 Å². The van der Waals surface area contributed by atoms with E-state index in [2.05, 4.69) is 0 Å². The maximum Gasteiger partial charge on any atom is 0.268 e. The van der Waals surface area contributed by atoms with E-state index in [0.717, 1.165) is 0 Å². The molecule has 1 amide bonds. The number of hydrogen-bond donors (Lipinski definition) is 1. The third-order valence-corrected chi connectivity index (χ3v) is 3.33. The fourth-order valence-corrected chi connectivity index (χ4v) is 2.09. The number of ether oxygens (including phenoxy) is 1. The summed E-state index contributed by atoms with van der Waals surface area (Å²) < 4.78 is 5.52. The van der Waals surface area contributed by atoms with Gasteiger partial charge in [-0.1, -0.05) is 6.07 Å². The number of aliphatic hydroxyl groups is 1. The van der Waals surface area contributed by atoms with Crippen LogP contribution < -0.4 is 9.64 Å². The first kappa shape index (κ1) is 13.5. The summed E-state index contributed by atoms with van der Waals surface area (Å²) in [4.78, 5) is 25.2. The summed E-state index contributed by atoms with van der Waals surface area (Å²) in [7, 11) is 0. The first-order chi connectivity index (χ1) is 8.95. The van der Waals surface area contributed by atoms with Crippen molar-refractivity contribution in [1.82, 2.24) is 0 Å². The number of carbonyl (C=O) groups is 2. The van der Waals surface area contributed by atoms with E-state index in [0.29, 0.717) is 17.0 Å². The van der Waals surface area contributed by atoms with Crippen LogP contribution in [0.5, 0.6) is 5.75 Å². The molecule has 0 saturated carbocycles. The number of hydrogen-bond acceptors (Lipinski definition) is 4. The molecule has 2 unspecified atom stereocenters. The molecule has 0 radical (unpaired) electrons. The fourth-order valence-electron chi connectivity index (χ4n) is 2.09. The van der Waals surface area contributed by atoms with E-state index in [9.17, 15) is 14.7 Å². The van der Waals surface area contributed by atoms with E-state index in [4.69, 9.17) is 4.74 Å². The average Bonchev–Trinajstić information content (AvgIpc) is 2.39. The van der Waals surface area contributed by atoms with Crippen molar-refractivity contribution in [2.45, 2.75) is 39.5 Å². The van der Waals surface area contributed by atoms with Crippen molar-refractivity contribution in [3.05, 3.63) is 23.8 Å². The van der Waals surface area contributed by atoms with E-state index in [-0.39, 0.29) is 18.3 Å². The lowest BCUT2D eigenvalue weighted by molar-refractivity contribution is -0.128. The smallest absolute Gasteiger partial charge is 0.268 e. The molecule has 1 aliphatic rings. The normalized spacial score (nSPS) is 19.7.